The van der Waals surface area contributed by atoms with Gasteiger partial charge in [-0.3, -0.25) is 15.4 Å². The van der Waals surface area contributed by atoms with Gasteiger partial charge in [-0.05, 0) is 11.1 Å². The van der Waals surface area contributed by atoms with E-state index in [4.69, 9.17) is 11.6 Å². The Hall–Kier alpha value is -3.51. The van der Waals surface area contributed by atoms with Crippen molar-refractivity contribution in [1.82, 2.24) is 30.1 Å². The van der Waals surface area contributed by atoms with Crippen molar-refractivity contribution in [2.24, 2.45) is 11.6 Å². The largest absolute Gasteiger partial charge is 0.334 e. The van der Waals surface area contributed by atoms with Crippen LogP contribution in [0.25, 0.3) is 0 Å². The molecular formula is C25H34N8O3. The molecule has 1 aliphatic carbocycles. The molecule has 2 aliphatic heterocycles. The molecule has 11 nitrogen and oxygen atoms in total. The fourth-order valence-corrected chi connectivity index (χ4v) is 4.75. The maximum atomic E-state index is 13.4. The fourth-order valence-electron chi connectivity index (χ4n) is 4.75. The van der Waals surface area contributed by atoms with Crippen molar-refractivity contribution in [3.63, 3.8) is 0 Å². The molecule has 0 saturated carbocycles. The lowest BCUT2D eigenvalue weighted by atomic mass is 9.97. The summed E-state index contributed by atoms with van der Waals surface area (Å²) in [6.45, 7) is 4.83. The van der Waals surface area contributed by atoms with Crippen LogP contribution in [-0.2, 0) is 16.1 Å². The standard InChI is InChI=1S/C25H34N8O3/c1-3-11-31-16-24(35)32-17-23(34)30(14-19-9-10-20(26)21(12-19)29(2)27)15-22(32)33(31)25(36)28-13-18-7-5-4-6-8-18/h3-10,12,20-22H,1,11,13-17,26-27H2,2H3,(H,28,36)/t20?,21?,22-/m0/s1. The molecule has 0 bridgehead atoms. The number of carbonyl (C=O) groups excluding carboxylic acids is 3. The molecule has 0 spiro atoms. The van der Waals surface area contributed by atoms with Gasteiger partial charge in [0.05, 0.1) is 19.1 Å². The molecule has 1 aromatic rings. The Morgan fingerprint density at radius 3 is 2.67 bits per heavy atom. The highest BCUT2D eigenvalue weighted by Crippen LogP contribution is 2.24. The first kappa shape index (κ1) is 25.6. The van der Waals surface area contributed by atoms with Crippen LogP contribution in [0.1, 0.15) is 5.56 Å². The Labute approximate surface area is 211 Å². The van der Waals surface area contributed by atoms with Crippen molar-refractivity contribution in [1.29, 1.82) is 0 Å². The highest BCUT2D eigenvalue weighted by atomic mass is 16.2. The van der Waals surface area contributed by atoms with E-state index in [0.717, 1.165) is 11.1 Å². The average Bonchev–Trinajstić information content (AvgIpc) is 2.85. The van der Waals surface area contributed by atoms with E-state index in [1.165, 1.54) is 4.90 Å². The minimum Gasteiger partial charge on any atom is -0.333 e. The fraction of sp³-hybridized carbons (Fsp3) is 0.400. The van der Waals surface area contributed by atoms with E-state index >= 15 is 0 Å². The molecule has 1 aromatic carbocycles. The molecule has 3 aliphatic rings. The van der Waals surface area contributed by atoms with E-state index in [-0.39, 0.29) is 49.6 Å². The normalized spacial score (nSPS) is 24.6. The van der Waals surface area contributed by atoms with Crippen LogP contribution in [0.5, 0.6) is 0 Å². The van der Waals surface area contributed by atoms with Gasteiger partial charge in [-0.1, -0.05) is 54.6 Å². The van der Waals surface area contributed by atoms with E-state index in [1.807, 2.05) is 48.6 Å². The van der Waals surface area contributed by atoms with E-state index in [2.05, 4.69) is 11.9 Å². The molecule has 36 heavy (non-hydrogen) atoms. The van der Waals surface area contributed by atoms with Crippen molar-refractivity contribution in [3.05, 3.63) is 72.4 Å². The van der Waals surface area contributed by atoms with Crippen LogP contribution in [0.4, 0.5) is 4.79 Å². The minimum absolute atomic E-state index is 0.00908. The summed E-state index contributed by atoms with van der Waals surface area (Å²) in [5.41, 5.74) is 7.98. The second kappa shape index (κ2) is 11.0. The molecule has 192 valence electrons. The molecule has 5 N–H and O–H groups in total. The number of nitrogens with one attached hydrogen (secondary N) is 1. The van der Waals surface area contributed by atoms with Gasteiger partial charge in [-0.2, -0.15) is 0 Å². The van der Waals surface area contributed by atoms with Gasteiger partial charge in [0.25, 0.3) is 0 Å². The zero-order valence-electron chi connectivity index (χ0n) is 20.5. The first-order valence-corrected chi connectivity index (χ1v) is 11.9. The Kier molecular flexibility index (Phi) is 7.85. The number of fused-ring (bicyclic) bond motifs is 1. The van der Waals surface area contributed by atoms with Crippen LogP contribution in [0, 0.1) is 0 Å². The Bertz CT molecular complexity index is 1060. The van der Waals surface area contributed by atoms with E-state index in [1.54, 1.807) is 33.1 Å². The van der Waals surface area contributed by atoms with Gasteiger partial charge in [0.1, 0.15) is 12.7 Å². The molecule has 0 radical (unpaired) electrons. The van der Waals surface area contributed by atoms with Gasteiger partial charge in [-0.25, -0.2) is 19.8 Å². The molecule has 3 atom stereocenters. The molecule has 2 fully saturated rings. The summed E-state index contributed by atoms with van der Waals surface area (Å²) in [4.78, 5) is 42.5. The third kappa shape index (κ3) is 5.49. The topological polar surface area (TPSA) is 131 Å². The van der Waals surface area contributed by atoms with Crippen LogP contribution >= 0.6 is 0 Å². The monoisotopic (exact) mass is 494 g/mol. The zero-order chi connectivity index (χ0) is 25.8. The highest BCUT2D eigenvalue weighted by Gasteiger charge is 2.46. The van der Waals surface area contributed by atoms with Crippen LogP contribution in [-0.4, -0.2) is 101 Å². The Balaban J connectivity index is 1.54. The first-order valence-electron chi connectivity index (χ1n) is 11.9. The van der Waals surface area contributed by atoms with E-state index in [9.17, 15) is 14.4 Å². The van der Waals surface area contributed by atoms with Crippen molar-refractivity contribution < 1.29 is 14.4 Å². The number of benzene rings is 1. The Morgan fingerprint density at radius 2 is 1.97 bits per heavy atom. The lowest BCUT2D eigenvalue weighted by molar-refractivity contribution is -0.179. The predicted molar refractivity (Wildman–Crippen MR) is 135 cm³/mol. The molecule has 2 unspecified atom stereocenters. The van der Waals surface area contributed by atoms with Gasteiger partial charge in [0, 0.05) is 32.7 Å². The van der Waals surface area contributed by atoms with Gasteiger partial charge in [0.15, 0.2) is 0 Å². The number of urea groups is 1. The maximum Gasteiger partial charge on any atom is 0.334 e. The molecular weight excluding hydrogens is 460 g/mol. The molecule has 0 aromatic heterocycles. The van der Waals surface area contributed by atoms with Crippen molar-refractivity contribution in [3.8, 4) is 0 Å². The van der Waals surface area contributed by atoms with E-state index in [0.29, 0.717) is 19.6 Å². The number of amides is 4. The number of hydrazine groups is 2. The van der Waals surface area contributed by atoms with Gasteiger partial charge >= 0.3 is 6.03 Å². The number of carbonyl (C=O) groups is 3. The molecule has 2 saturated heterocycles. The second-order valence-corrected chi connectivity index (χ2v) is 9.24. The van der Waals surface area contributed by atoms with Gasteiger partial charge in [0.2, 0.25) is 11.8 Å². The first-order chi connectivity index (χ1) is 17.3. The summed E-state index contributed by atoms with van der Waals surface area (Å²) in [6, 6.07) is 8.81. The number of hydrogen-bond donors (Lipinski definition) is 3. The zero-order valence-corrected chi connectivity index (χ0v) is 20.5. The molecule has 2 heterocycles. The minimum atomic E-state index is -0.636. The van der Waals surface area contributed by atoms with Crippen molar-refractivity contribution in [2.45, 2.75) is 24.8 Å². The lowest BCUT2D eigenvalue weighted by Gasteiger charge is -2.52. The third-order valence-corrected chi connectivity index (χ3v) is 6.62. The summed E-state index contributed by atoms with van der Waals surface area (Å²) in [7, 11) is 1.75. The number of hydrogen-bond acceptors (Lipinski definition) is 7. The summed E-state index contributed by atoms with van der Waals surface area (Å²) in [5, 5.41) is 7.70. The third-order valence-electron chi connectivity index (χ3n) is 6.62. The van der Waals surface area contributed by atoms with Crippen LogP contribution in [0.15, 0.2) is 66.8 Å². The quantitative estimate of drug-likeness (QED) is 0.267. The average molecular weight is 495 g/mol. The number of nitrogens with zero attached hydrogens (tertiary/aromatic N) is 5. The SMILES string of the molecule is C=CCN1CC(=O)N2CC(=O)N(CC3=CC(N(C)N)C(N)C=C3)C[C@@H]2N1C(=O)NCc1ccccc1. The number of nitrogens with two attached hydrogens (primary N) is 2. The van der Waals surface area contributed by atoms with Crippen LogP contribution in [0.3, 0.4) is 0 Å². The summed E-state index contributed by atoms with van der Waals surface area (Å²) in [5.74, 6) is 5.56. The van der Waals surface area contributed by atoms with Gasteiger partial charge < -0.3 is 20.9 Å². The predicted octanol–water partition coefficient (Wildman–Crippen LogP) is -0.391. The number of rotatable bonds is 7. The second-order valence-electron chi connectivity index (χ2n) is 9.24. The highest BCUT2D eigenvalue weighted by molar-refractivity contribution is 5.89. The maximum absolute atomic E-state index is 13.4. The van der Waals surface area contributed by atoms with Crippen LogP contribution < -0.4 is 16.9 Å². The van der Waals surface area contributed by atoms with E-state index < -0.39 is 6.17 Å². The van der Waals surface area contributed by atoms with Crippen molar-refractivity contribution >= 4 is 17.8 Å². The smallest absolute Gasteiger partial charge is 0.333 e. The summed E-state index contributed by atoms with van der Waals surface area (Å²) in [6.07, 6.45) is 6.72. The lowest BCUT2D eigenvalue weighted by Crippen LogP contribution is -2.74. The molecule has 4 amide bonds. The van der Waals surface area contributed by atoms with Crippen molar-refractivity contribution in [2.75, 3.05) is 39.8 Å². The molecule has 4 rings (SSSR count). The summed E-state index contributed by atoms with van der Waals surface area (Å²) < 4.78 is 0. The Morgan fingerprint density at radius 1 is 1.22 bits per heavy atom. The number of likely N-dealkylation sites (N-methyl/N-ethyl adjacent to an activating group) is 1. The van der Waals surface area contributed by atoms with Gasteiger partial charge in [-0.15, -0.1) is 6.58 Å². The molecule has 11 heteroatoms. The number of piperazine rings is 1. The summed E-state index contributed by atoms with van der Waals surface area (Å²) >= 11 is 0. The van der Waals surface area contributed by atoms with Crippen LogP contribution in [0.2, 0.25) is 0 Å².